The van der Waals surface area contributed by atoms with Gasteiger partial charge in [-0.1, -0.05) is 23.8 Å². The molecule has 1 aromatic carbocycles. The Morgan fingerprint density at radius 2 is 1.86 bits per heavy atom. The molecular weight excluding hydrogens is 391 g/mol. The highest BCUT2D eigenvalue weighted by Gasteiger charge is 2.50. The zero-order chi connectivity index (χ0) is 20.4. The first-order valence-electron chi connectivity index (χ1n) is 8.73. The molecule has 3 amide bonds. The number of benzene rings is 1. The third kappa shape index (κ3) is 3.91. The van der Waals surface area contributed by atoms with Crippen molar-refractivity contribution in [3.8, 4) is 0 Å². The lowest BCUT2D eigenvalue weighted by Gasteiger charge is -2.21. The third-order valence-electron chi connectivity index (χ3n) is 4.82. The molecule has 2 aliphatic rings. The summed E-state index contributed by atoms with van der Waals surface area (Å²) in [5.41, 5.74) is -0.111. The molecule has 0 aromatic heterocycles. The number of ether oxygens (including phenoxy) is 1. The first-order valence-corrected chi connectivity index (χ1v) is 9.11. The van der Waals surface area contributed by atoms with Crippen molar-refractivity contribution in [2.75, 3.05) is 11.9 Å². The van der Waals surface area contributed by atoms with Crippen LogP contribution in [-0.4, -0.2) is 41.2 Å². The highest BCUT2D eigenvalue weighted by atomic mass is 35.5. The molecule has 1 heterocycles. The lowest BCUT2D eigenvalue weighted by molar-refractivity contribution is -0.159. The molecule has 0 bridgehead atoms. The van der Waals surface area contributed by atoms with E-state index in [1.54, 1.807) is 0 Å². The van der Waals surface area contributed by atoms with Crippen LogP contribution in [0.5, 0.6) is 0 Å². The number of carbonyl (C=O) groups excluding carboxylic acids is 4. The minimum absolute atomic E-state index is 0.111. The minimum Gasteiger partial charge on any atom is -0.454 e. The molecule has 0 radical (unpaired) electrons. The number of fused-ring (bicyclic) bond motifs is 1. The van der Waals surface area contributed by atoms with Crippen LogP contribution < -0.4 is 5.32 Å². The molecule has 1 aromatic rings. The number of carbonyl (C=O) groups is 4. The summed E-state index contributed by atoms with van der Waals surface area (Å²) in [5, 5.41) is 2.43. The van der Waals surface area contributed by atoms with Crippen molar-refractivity contribution in [3.05, 3.63) is 41.2 Å². The van der Waals surface area contributed by atoms with E-state index in [9.17, 15) is 23.6 Å². The van der Waals surface area contributed by atoms with Crippen LogP contribution >= 0.6 is 11.6 Å². The Morgan fingerprint density at radius 1 is 1.25 bits per heavy atom. The van der Waals surface area contributed by atoms with E-state index in [-0.39, 0.29) is 10.7 Å². The standard InChI is InChI=1S/C19H18ClFN2O5/c1-10(23-17(25)12-4-2-3-5-13(12)18(23)26)19(27)28-9-16(24)22-15-7-6-11(20)8-14(15)21/h2-3,6-8,10,12-13H,4-5,9H2,1H3,(H,22,24)/t10-,12+,13+/m0/s1. The maximum absolute atomic E-state index is 13.7. The summed E-state index contributed by atoms with van der Waals surface area (Å²) in [6.07, 6.45) is 4.61. The number of imide groups is 1. The van der Waals surface area contributed by atoms with Crippen molar-refractivity contribution in [1.82, 2.24) is 4.90 Å². The van der Waals surface area contributed by atoms with E-state index in [4.69, 9.17) is 16.3 Å². The Kier molecular flexibility index (Phi) is 5.79. The SMILES string of the molecule is C[C@@H](C(=O)OCC(=O)Nc1ccc(Cl)cc1F)N1C(=O)[C@@H]2CC=CC[C@H]2C1=O. The van der Waals surface area contributed by atoms with Gasteiger partial charge in [0.15, 0.2) is 6.61 Å². The van der Waals surface area contributed by atoms with E-state index in [1.807, 2.05) is 12.2 Å². The highest BCUT2D eigenvalue weighted by molar-refractivity contribution is 6.30. The number of halogens is 2. The zero-order valence-electron chi connectivity index (χ0n) is 15.0. The first kappa shape index (κ1) is 20.0. The van der Waals surface area contributed by atoms with E-state index in [2.05, 4.69) is 5.32 Å². The quantitative estimate of drug-likeness (QED) is 0.458. The number of nitrogens with zero attached hydrogens (tertiary/aromatic N) is 1. The topological polar surface area (TPSA) is 92.8 Å². The first-order chi connectivity index (χ1) is 13.3. The van der Waals surface area contributed by atoms with Crippen LogP contribution in [0.1, 0.15) is 19.8 Å². The number of esters is 1. The number of allylic oxidation sites excluding steroid dienone is 2. The van der Waals surface area contributed by atoms with Gasteiger partial charge in [-0.05, 0) is 38.0 Å². The largest absolute Gasteiger partial charge is 0.454 e. The number of nitrogens with one attached hydrogen (secondary N) is 1. The normalized spacial score (nSPS) is 22.0. The fourth-order valence-electron chi connectivity index (χ4n) is 3.35. The molecule has 1 fully saturated rings. The molecule has 1 N–H and O–H groups in total. The van der Waals surface area contributed by atoms with Crippen molar-refractivity contribution in [2.24, 2.45) is 11.8 Å². The second-order valence-electron chi connectivity index (χ2n) is 6.66. The molecule has 0 spiro atoms. The number of rotatable bonds is 5. The molecular formula is C19H18ClFN2O5. The molecule has 9 heteroatoms. The minimum atomic E-state index is -1.15. The van der Waals surface area contributed by atoms with Crippen LogP contribution in [0.4, 0.5) is 10.1 Å². The van der Waals surface area contributed by atoms with Crippen molar-refractivity contribution in [1.29, 1.82) is 0 Å². The van der Waals surface area contributed by atoms with E-state index < -0.39 is 54.0 Å². The molecule has 1 saturated heterocycles. The van der Waals surface area contributed by atoms with Gasteiger partial charge in [0, 0.05) is 5.02 Å². The maximum atomic E-state index is 13.7. The molecule has 1 aliphatic carbocycles. The van der Waals surface area contributed by atoms with Gasteiger partial charge in [0.1, 0.15) is 11.9 Å². The summed E-state index contributed by atoms with van der Waals surface area (Å²) in [7, 11) is 0. The maximum Gasteiger partial charge on any atom is 0.329 e. The number of hydrogen-bond acceptors (Lipinski definition) is 5. The van der Waals surface area contributed by atoms with Crippen molar-refractivity contribution < 1.29 is 28.3 Å². The monoisotopic (exact) mass is 408 g/mol. The number of amides is 3. The van der Waals surface area contributed by atoms with Gasteiger partial charge in [0.05, 0.1) is 17.5 Å². The van der Waals surface area contributed by atoms with E-state index >= 15 is 0 Å². The van der Waals surface area contributed by atoms with Crippen molar-refractivity contribution in [3.63, 3.8) is 0 Å². The van der Waals surface area contributed by atoms with Gasteiger partial charge in [-0.15, -0.1) is 0 Å². The highest BCUT2D eigenvalue weighted by Crippen LogP contribution is 2.36. The van der Waals surface area contributed by atoms with Gasteiger partial charge in [0.2, 0.25) is 11.8 Å². The Morgan fingerprint density at radius 3 is 2.43 bits per heavy atom. The molecule has 0 unspecified atom stereocenters. The summed E-state index contributed by atoms with van der Waals surface area (Å²) in [4.78, 5) is 50.0. The predicted octanol–water partition coefficient (Wildman–Crippen LogP) is 2.30. The number of hydrogen-bond donors (Lipinski definition) is 1. The fraction of sp³-hybridized carbons (Fsp3) is 0.368. The molecule has 7 nitrogen and oxygen atoms in total. The van der Waals surface area contributed by atoms with Crippen LogP contribution in [0.15, 0.2) is 30.4 Å². The van der Waals surface area contributed by atoms with Gasteiger partial charge >= 0.3 is 5.97 Å². The summed E-state index contributed by atoms with van der Waals surface area (Å²) < 4.78 is 18.6. The Balaban J connectivity index is 1.56. The van der Waals surface area contributed by atoms with Gasteiger partial charge in [-0.25, -0.2) is 9.18 Å². The third-order valence-corrected chi connectivity index (χ3v) is 5.06. The summed E-state index contributed by atoms with van der Waals surface area (Å²) in [6, 6.07) is 2.56. The van der Waals surface area contributed by atoms with Gasteiger partial charge in [-0.3, -0.25) is 19.3 Å². The van der Waals surface area contributed by atoms with Gasteiger partial charge in [-0.2, -0.15) is 0 Å². The fourth-order valence-corrected chi connectivity index (χ4v) is 3.51. The lowest BCUT2D eigenvalue weighted by Crippen LogP contribution is -2.45. The smallest absolute Gasteiger partial charge is 0.329 e. The second-order valence-corrected chi connectivity index (χ2v) is 7.09. The molecule has 3 atom stereocenters. The zero-order valence-corrected chi connectivity index (χ0v) is 15.7. The van der Waals surface area contributed by atoms with Gasteiger partial charge < -0.3 is 10.1 Å². The number of likely N-dealkylation sites (tertiary alicyclic amines) is 1. The summed E-state index contributed by atoms with van der Waals surface area (Å²) in [5.74, 6) is -4.11. The molecule has 28 heavy (non-hydrogen) atoms. The average Bonchev–Trinajstić information content (AvgIpc) is 2.92. The molecule has 1 aliphatic heterocycles. The average molecular weight is 409 g/mol. The van der Waals surface area contributed by atoms with E-state index in [0.717, 1.165) is 11.0 Å². The lowest BCUT2D eigenvalue weighted by atomic mass is 9.85. The molecule has 0 saturated carbocycles. The van der Waals surface area contributed by atoms with E-state index in [0.29, 0.717) is 12.8 Å². The Bertz CT molecular complexity index is 846. The van der Waals surface area contributed by atoms with Crippen molar-refractivity contribution >= 4 is 41.0 Å². The summed E-state index contributed by atoms with van der Waals surface area (Å²) in [6.45, 7) is 0.690. The van der Waals surface area contributed by atoms with Crippen LogP contribution in [0.3, 0.4) is 0 Å². The molecule has 3 rings (SSSR count). The second kappa shape index (κ2) is 8.10. The Labute approximate surface area is 165 Å². The van der Waals surface area contributed by atoms with Crippen LogP contribution in [0.2, 0.25) is 5.02 Å². The summed E-state index contributed by atoms with van der Waals surface area (Å²) >= 11 is 5.64. The Hall–Kier alpha value is -2.74. The van der Waals surface area contributed by atoms with Crippen molar-refractivity contribution in [2.45, 2.75) is 25.8 Å². The van der Waals surface area contributed by atoms with E-state index in [1.165, 1.54) is 19.1 Å². The predicted molar refractivity (Wildman–Crippen MR) is 97.7 cm³/mol. The van der Waals surface area contributed by atoms with Crippen LogP contribution in [-0.2, 0) is 23.9 Å². The number of anilines is 1. The van der Waals surface area contributed by atoms with Crippen LogP contribution in [0.25, 0.3) is 0 Å². The molecule has 148 valence electrons. The van der Waals surface area contributed by atoms with Crippen LogP contribution in [0, 0.1) is 17.7 Å². The van der Waals surface area contributed by atoms with Gasteiger partial charge in [0.25, 0.3) is 5.91 Å².